The highest BCUT2D eigenvalue weighted by molar-refractivity contribution is 7.99. The van der Waals surface area contributed by atoms with Crippen molar-refractivity contribution in [2.24, 2.45) is 0 Å². The molecule has 1 aromatic heterocycles. The summed E-state index contributed by atoms with van der Waals surface area (Å²) >= 11 is 7.41. The smallest absolute Gasteiger partial charge is 0.192 e. The van der Waals surface area contributed by atoms with Crippen molar-refractivity contribution in [3.63, 3.8) is 0 Å². The molecule has 0 amide bonds. The van der Waals surface area contributed by atoms with E-state index in [0.717, 1.165) is 17.0 Å². The summed E-state index contributed by atoms with van der Waals surface area (Å²) in [5, 5.41) is 10.0. The first-order valence-corrected chi connectivity index (χ1v) is 12.1. The second-order valence-electron chi connectivity index (χ2n) is 7.88. The van der Waals surface area contributed by atoms with Crippen molar-refractivity contribution in [2.45, 2.75) is 49.7 Å². The van der Waals surface area contributed by atoms with Gasteiger partial charge in [0.2, 0.25) is 0 Å². The standard InChI is InChI=1S/C25H26ClN3OS/c1-2-16-29-24(21-12-14-22(26)15-13-21)27-28-25(29)31-17-23(30)20-10-8-19(9-11-20)18-6-4-3-5-7-18/h2,8-15,18H,1,3-7,16-17H2. The minimum absolute atomic E-state index is 0.0985. The molecule has 3 aromatic rings. The number of rotatable bonds is 8. The highest BCUT2D eigenvalue weighted by Crippen LogP contribution is 2.33. The van der Waals surface area contributed by atoms with Crippen molar-refractivity contribution in [3.05, 3.63) is 77.3 Å². The number of hydrogen-bond donors (Lipinski definition) is 0. The van der Waals surface area contributed by atoms with E-state index >= 15 is 0 Å². The highest BCUT2D eigenvalue weighted by atomic mass is 35.5. The van der Waals surface area contributed by atoms with E-state index in [1.54, 1.807) is 6.08 Å². The lowest BCUT2D eigenvalue weighted by Crippen LogP contribution is -2.07. The summed E-state index contributed by atoms with van der Waals surface area (Å²) in [6.45, 7) is 4.41. The Hall–Kier alpha value is -2.37. The second-order valence-corrected chi connectivity index (χ2v) is 9.26. The highest BCUT2D eigenvalue weighted by Gasteiger charge is 2.18. The maximum Gasteiger partial charge on any atom is 0.192 e. The van der Waals surface area contributed by atoms with Crippen LogP contribution in [-0.2, 0) is 6.54 Å². The zero-order valence-electron chi connectivity index (χ0n) is 17.5. The number of Topliss-reactive ketones (excluding diaryl/α,β-unsaturated/α-hetero) is 1. The third-order valence-corrected chi connectivity index (χ3v) is 6.99. The molecule has 0 unspecified atom stereocenters. The molecule has 0 radical (unpaired) electrons. The Morgan fingerprint density at radius 3 is 2.45 bits per heavy atom. The Balaban J connectivity index is 1.44. The number of benzene rings is 2. The van der Waals surface area contributed by atoms with Crippen LogP contribution in [0.1, 0.15) is 53.9 Å². The molecule has 31 heavy (non-hydrogen) atoms. The fourth-order valence-corrected chi connectivity index (χ4v) is 5.06. The van der Waals surface area contributed by atoms with Crippen molar-refractivity contribution >= 4 is 29.1 Å². The molecule has 160 valence electrons. The van der Waals surface area contributed by atoms with E-state index in [9.17, 15) is 4.79 Å². The third kappa shape index (κ3) is 5.28. The molecular formula is C25H26ClN3OS. The molecular weight excluding hydrogens is 426 g/mol. The van der Waals surface area contributed by atoms with E-state index in [4.69, 9.17) is 11.6 Å². The van der Waals surface area contributed by atoms with Gasteiger partial charge in [-0.25, -0.2) is 0 Å². The van der Waals surface area contributed by atoms with E-state index in [2.05, 4.69) is 28.9 Å². The molecule has 1 saturated carbocycles. The molecule has 1 aliphatic carbocycles. The number of ketones is 1. The molecule has 0 aliphatic heterocycles. The summed E-state index contributed by atoms with van der Waals surface area (Å²) in [5.74, 6) is 1.80. The van der Waals surface area contributed by atoms with Crippen molar-refractivity contribution < 1.29 is 4.79 Å². The topological polar surface area (TPSA) is 47.8 Å². The summed E-state index contributed by atoms with van der Waals surface area (Å²) in [5.41, 5.74) is 3.04. The number of thioether (sulfide) groups is 1. The van der Waals surface area contributed by atoms with Crippen molar-refractivity contribution in [1.82, 2.24) is 14.8 Å². The molecule has 1 aliphatic rings. The number of allylic oxidation sites excluding steroid dienone is 1. The molecule has 0 N–H and O–H groups in total. The van der Waals surface area contributed by atoms with Crippen molar-refractivity contribution in [3.8, 4) is 11.4 Å². The Morgan fingerprint density at radius 1 is 1.06 bits per heavy atom. The lowest BCUT2D eigenvalue weighted by atomic mass is 9.84. The minimum Gasteiger partial charge on any atom is -0.298 e. The van der Waals surface area contributed by atoms with E-state index in [1.165, 1.54) is 49.4 Å². The normalized spacial score (nSPS) is 14.5. The third-order valence-electron chi connectivity index (χ3n) is 5.77. The van der Waals surface area contributed by atoms with Gasteiger partial charge in [0.25, 0.3) is 0 Å². The first kappa shape index (κ1) is 21.8. The summed E-state index contributed by atoms with van der Waals surface area (Å²) in [6.07, 6.45) is 8.30. The molecule has 1 fully saturated rings. The fourth-order valence-electron chi connectivity index (χ4n) is 4.09. The van der Waals surface area contributed by atoms with Crippen LogP contribution in [0.25, 0.3) is 11.4 Å². The van der Waals surface area contributed by atoms with Gasteiger partial charge in [-0.05, 0) is 48.6 Å². The van der Waals surface area contributed by atoms with Gasteiger partial charge in [0, 0.05) is 22.7 Å². The second kappa shape index (κ2) is 10.3. The average molecular weight is 452 g/mol. The lowest BCUT2D eigenvalue weighted by Gasteiger charge is -2.22. The van der Waals surface area contributed by atoms with Gasteiger partial charge < -0.3 is 0 Å². The van der Waals surface area contributed by atoms with Gasteiger partial charge in [-0.2, -0.15) is 0 Å². The molecule has 0 atom stereocenters. The zero-order valence-corrected chi connectivity index (χ0v) is 19.0. The number of nitrogens with zero attached hydrogens (tertiary/aromatic N) is 3. The van der Waals surface area contributed by atoms with Gasteiger partial charge >= 0.3 is 0 Å². The van der Waals surface area contributed by atoms with Crippen LogP contribution < -0.4 is 0 Å². The van der Waals surface area contributed by atoms with Gasteiger partial charge in [0.05, 0.1) is 5.75 Å². The largest absolute Gasteiger partial charge is 0.298 e. The van der Waals surface area contributed by atoms with Crippen LogP contribution in [0, 0.1) is 0 Å². The van der Waals surface area contributed by atoms with Crippen LogP contribution in [0.3, 0.4) is 0 Å². The SMILES string of the molecule is C=CCn1c(SCC(=O)c2ccc(C3CCCCC3)cc2)nnc1-c1ccc(Cl)cc1. The summed E-state index contributed by atoms with van der Waals surface area (Å²) < 4.78 is 1.97. The van der Waals surface area contributed by atoms with Crippen LogP contribution in [0.4, 0.5) is 0 Å². The van der Waals surface area contributed by atoms with Crippen molar-refractivity contribution in [1.29, 1.82) is 0 Å². The molecule has 0 spiro atoms. The Morgan fingerprint density at radius 2 is 1.77 bits per heavy atom. The number of aromatic nitrogens is 3. The molecule has 1 heterocycles. The van der Waals surface area contributed by atoms with Crippen LogP contribution in [0.2, 0.25) is 5.02 Å². The quantitative estimate of drug-likeness (QED) is 0.214. The molecule has 4 rings (SSSR count). The van der Waals surface area contributed by atoms with Crippen LogP contribution in [-0.4, -0.2) is 26.3 Å². The monoisotopic (exact) mass is 451 g/mol. The summed E-state index contributed by atoms with van der Waals surface area (Å²) in [6, 6.07) is 15.7. The molecule has 0 saturated heterocycles. The number of carbonyl (C=O) groups is 1. The fraction of sp³-hybridized carbons (Fsp3) is 0.320. The summed E-state index contributed by atoms with van der Waals surface area (Å²) in [7, 11) is 0. The molecule has 2 aromatic carbocycles. The Kier molecular flexibility index (Phi) is 7.25. The van der Waals surface area contributed by atoms with Crippen molar-refractivity contribution in [2.75, 3.05) is 5.75 Å². The number of halogens is 1. The van der Waals surface area contributed by atoms with Gasteiger partial charge in [0.15, 0.2) is 16.8 Å². The maximum absolute atomic E-state index is 12.8. The van der Waals surface area contributed by atoms with E-state index < -0.39 is 0 Å². The number of carbonyl (C=O) groups excluding carboxylic acids is 1. The van der Waals surface area contributed by atoms with Gasteiger partial charge in [-0.1, -0.05) is 73.0 Å². The lowest BCUT2D eigenvalue weighted by molar-refractivity contribution is 0.102. The van der Waals surface area contributed by atoms with E-state index in [-0.39, 0.29) is 5.78 Å². The minimum atomic E-state index is 0.0985. The first-order valence-electron chi connectivity index (χ1n) is 10.7. The molecule has 4 nitrogen and oxygen atoms in total. The van der Waals surface area contributed by atoms with Crippen LogP contribution in [0.15, 0.2) is 66.3 Å². The van der Waals surface area contributed by atoms with E-state index in [0.29, 0.717) is 28.4 Å². The predicted octanol–water partition coefficient (Wildman–Crippen LogP) is 6.81. The molecule has 0 bridgehead atoms. The van der Waals surface area contributed by atoms with Gasteiger partial charge in [0.1, 0.15) is 0 Å². The maximum atomic E-state index is 12.8. The van der Waals surface area contributed by atoms with Crippen LogP contribution in [0.5, 0.6) is 0 Å². The first-order chi connectivity index (χ1) is 15.2. The molecule has 6 heteroatoms. The van der Waals surface area contributed by atoms with Crippen LogP contribution >= 0.6 is 23.4 Å². The predicted molar refractivity (Wildman–Crippen MR) is 128 cm³/mol. The van der Waals surface area contributed by atoms with Gasteiger partial charge in [-0.3, -0.25) is 9.36 Å². The average Bonchev–Trinajstić information content (AvgIpc) is 3.21. The van der Waals surface area contributed by atoms with Gasteiger partial charge in [-0.15, -0.1) is 16.8 Å². The Bertz CT molecular complexity index is 1040. The Labute approximate surface area is 192 Å². The summed E-state index contributed by atoms with van der Waals surface area (Å²) in [4.78, 5) is 12.8. The zero-order chi connectivity index (χ0) is 21.6. The van der Waals surface area contributed by atoms with E-state index in [1.807, 2.05) is 41.0 Å². The number of hydrogen-bond acceptors (Lipinski definition) is 4.